The third kappa shape index (κ3) is 4.30. The van der Waals surface area contributed by atoms with Gasteiger partial charge in [-0.1, -0.05) is 0 Å². The van der Waals surface area contributed by atoms with E-state index in [2.05, 4.69) is 30.1 Å². The molecule has 7 heteroatoms. The molecule has 2 aromatic rings. The van der Waals surface area contributed by atoms with Gasteiger partial charge in [0.25, 0.3) is 0 Å². The molecular weight excluding hydrogens is 412 g/mol. The number of piperazine rings is 1. The van der Waals surface area contributed by atoms with Crippen molar-refractivity contribution in [3.63, 3.8) is 0 Å². The van der Waals surface area contributed by atoms with Gasteiger partial charge < -0.3 is 15.1 Å². The summed E-state index contributed by atoms with van der Waals surface area (Å²) in [7, 11) is 0. The highest BCUT2D eigenvalue weighted by Gasteiger charge is 2.51. The van der Waals surface area contributed by atoms with E-state index in [-0.39, 0.29) is 0 Å². The molecule has 0 radical (unpaired) electrons. The smallest absolute Gasteiger partial charge is 0.223 e. The van der Waals surface area contributed by atoms with E-state index >= 15 is 0 Å². The van der Waals surface area contributed by atoms with E-state index in [0.717, 1.165) is 73.4 Å². The Morgan fingerprint density at radius 1 is 0.970 bits per heavy atom. The normalized spacial score (nSPS) is 30.5. The minimum Gasteiger partial charge on any atom is -0.353 e. The minimum atomic E-state index is 0.319. The highest BCUT2D eigenvalue weighted by atomic mass is 16.2. The van der Waals surface area contributed by atoms with Crippen molar-refractivity contribution in [1.29, 1.82) is 0 Å². The van der Waals surface area contributed by atoms with Crippen LogP contribution in [-0.2, 0) is 4.79 Å². The maximum atomic E-state index is 13.3. The fourth-order valence-electron chi connectivity index (χ4n) is 7.45. The van der Waals surface area contributed by atoms with E-state index in [1.807, 2.05) is 25.1 Å². The lowest BCUT2D eigenvalue weighted by Gasteiger charge is -2.57. The zero-order chi connectivity index (χ0) is 22.4. The molecule has 5 aliphatic rings. The molecule has 0 aromatic carbocycles. The monoisotopic (exact) mass is 446 g/mol. The Morgan fingerprint density at radius 3 is 2.30 bits per heavy atom. The van der Waals surface area contributed by atoms with Gasteiger partial charge in [-0.2, -0.15) is 0 Å². The van der Waals surface area contributed by atoms with Crippen LogP contribution in [0.1, 0.15) is 50.5 Å². The van der Waals surface area contributed by atoms with Crippen LogP contribution in [0.2, 0.25) is 0 Å². The molecular formula is C26H34N6O. The Bertz CT molecular complexity index is 996. The maximum absolute atomic E-state index is 13.3. The molecule has 0 spiro atoms. The molecule has 1 amide bonds. The molecule has 2 aromatic heterocycles. The first kappa shape index (κ1) is 20.9. The van der Waals surface area contributed by atoms with E-state index in [9.17, 15) is 4.79 Å². The standard InChI is InChI=1S/C26H34N6O/c1-18-2-3-27-22(8-18)30-23-12-24(29-17-28-23)31-4-6-32(7-5-31)25(33)16-26-13-19-9-20(14-26)11-21(10-19)15-26/h2-3,8,12,17,19-21H,4-7,9-11,13-16H2,1H3,(H,27,28,29,30). The number of rotatable bonds is 5. The van der Waals surface area contributed by atoms with Crippen molar-refractivity contribution in [3.8, 4) is 0 Å². The molecule has 4 bridgehead atoms. The van der Waals surface area contributed by atoms with Gasteiger partial charge in [-0.25, -0.2) is 15.0 Å². The van der Waals surface area contributed by atoms with Crippen LogP contribution in [0.3, 0.4) is 0 Å². The van der Waals surface area contributed by atoms with Gasteiger partial charge in [0.05, 0.1) is 0 Å². The summed E-state index contributed by atoms with van der Waals surface area (Å²) in [6.45, 7) is 5.22. The summed E-state index contributed by atoms with van der Waals surface area (Å²) in [5.74, 6) is 5.49. The number of aromatic nitrogens is 3. The lowest BCUT2D eigenvalue weighted by atomic mass is 9.49. The van der Waals surface area contributed by atoms with Gasteiger partial charge in [0.15, 0.2) is 0 Å². The number of hydrogen-bond donors (Lipinski definition) is 1. The fraction of sp³-hybridized carbons (Fsp3) is 0.615. The summed E-state index contributed by atoms with van der Waals surface area (Å²) in [6, 6.07) is 5.94. The zero-order valence-corrected chi connectivity index (χ0v) is 19.5. The van der Waals surface area contributed by atoms with Crippen LogP contribution in [0.5, 0.6) is 0 Å². The minimum absolute atomic E-state index is 0.319. The summed E-state index contributed by atoms with van der Waals surface area (Å²) >= 11 is 0. The highest BCUT2D eigenvalue weighted by Crippen LogP contribution is 2.61. The number of hydrogen-bond acceptors (Lipinski definition) is 6. The third-order valence-electron chi connectivity index (χ3n) is 8.47. The second-order valence-electron chi connectivity index (χ2n) is 11.1. The fourth-order valence-corrected chi connectivity index (χ4v) is 7.45. The number of amides is 1. The molecule has 33 heavy (non-hydrogen) atoms. The van der Waals surface area contributed by atoms with E-state index < -0.39 is 0 Å². The van der Waals surface area contributed by atoms with Gasteiger partial charge >= 0.3 is 0 Å². The van der Waals surface area contributed by atoms with E-state index in [1.165, 1.54) is 38.5 Å². The topological polar surface area (TPSA) is 74.2 Å². The van der Waals surface area contributed by atoms with Crippen molar-refractivity contribution >= 4 is 23.4 Å². The van der Waals surface area contributed by atoms with Crippen LogP contribution >= 0.6 is 0 Å². The molecule has 0 unspecified atom stereocenters. The number of nitrogens with zero attached hydrogens (tertiary/aromatic N) is 5. The van der Waals surface area contributed by atoms with Crippen LogP contribution < -0.4 is 10.2 Å². The van der Waals surface area contributed by atoms with Crippen LogP contribution in [-0.4, -0.2) is 51.9 Å². The molecule has 3 heterocycles. The second-order valence-corrected chi connectivity index (χ2v) is 11.1. The first-order chi connectivity index (χ1) is 16.0. The maximum Gasteiger partial charge on any atom is 0.223 e. The molecule has 1 N–H and O–H groups in total. The first-order valence-corrected chi connectivity index (χ1v) is 12.6. The second kappa shape index (κ2) is 8.26. The molecule has 1 saturated heterocycles. The van der Waals surface area contributed by atoms with Crippen molar-refractivity contribution < 1.29 is 4.79 Å². The number of carbonyl (C=O) groups excluding carboxylic acids is 1. The van der Waals surface area contributed by atoms with Crippen LogP contribution in [0.15, 0.2) is 30.7 Å². The van der Waals surface area contributed by atoms with Gasteiger partial charge in [0.1, 0.15) is 23.8 Å². The Kier molecular flexibility index (Phi) is 5.23. The number of pyridine rings is 1. The Labute approximate surface area is 196 Å². The molecule has 0 atom stereocenters. The molecule has 4 saturated carbocycles. The van der Waals surface area contributed by atoms with Gasteiger partial charge in [0, 0.05) is 44.9 Å². The van der Waals surface area contributed by atoms with Crippen molar-refractivity contribution in [2.24, 2.45) is 23.2 Å². The quantitative estimate of drug-likeness (QED) is 0.743. The largest absolute Gasteiger partial charge is 0.353 e. The summed E-state index contributed by atoms with van der Waals surface area (Å²) in [5, 5.41) is 3.27. The third-order valence-corrected chi connectivity index (χ3v) is 8.47. The predicted octanol–water partition coefficient (Wildman–Crippen LogP) is 4.18. The van der Waals surface area contributed by atoms with Gasteiger partial charge in [-0.05, 0) is 86.3 Å². The SMILES string of the molecule is Cc1ccnc(Nc2cc(N3CCN(C(=O)CC45CC6CC(CC(C6)C4)C5)CC3)ncn2)c1. The molecule has 5 fully saturated rings. The van der Waals surface area contributed by atoms with Crippen molar-refractivity contribution in [2.45, 2.75) is 51.9 Å². The zero-order valence-electron chi connectivity index (χ0n) is 19.5. The first-order valence-electron chi connectivity index (χ1n) is 12.6. The average Bonchev–Trinajstić information content (AvgIpc) is 2.78. The van der Waals surface area contributed by atoms with E-state index in [0.29, 0.717) is 11.3 Å². The Morgan fingerprint density at radius 2 is 1.64 bits per heavy atom. The number of nitrogens with one attached hydrogen (secondary N) is 1. The Balaban J connectivity index is 1.06. The number of anilines is 3. The molecule has 4 aliphatic carbocycles. The summed E-state index contributed by atoms with van der Waals surface area (Å²) in [6.07, 6.45) is 12.4. The van der Waals surface area contributed by atoms with Gasteiger partial charge in [-0.3, -0.25) is 4.79 Å². The van der Waals surface area contributed by atoms with Crippen molar-refractivity contribution in [3.05, 3.63) is 36.3 Å². The van der Waals surface area contributed by atoms with Gasteiger partial charge in [0.2, 0.25) is 5.91 Å². The van der Waals surface area contributed by atoms with Crippen molar-refractivity contribution in [1.82, 2.24) is 19.9 Å². The van der Waals surface area contributed by atoms with Crippen molar-refractivity contribution in [2.75, 3.05) is 36.4 Å². The predicted molar refractivity (Wildman–Crippen MR) is 128 cm³/mol. The summed E-state index contributed by atoms with van der Waals surface area (Å²) < 4.78 is 0. The number of carbonyl (C=O) groups is 1. The van der Waals surface area contributed by atoms with Gasteiger partial charge in [-0.15, -0.1) is 0 Å². The van der Waals surface area contributed by atoms with E-state index in [1.54, 1.807) is 12.5 Å². The highest BCUT2D eigenvalue weighted by molar-refractivity contribution is 5.77. The van der Waals surface area contributed by atoms with Crippen LogP contribution in [0, 0.1) is 30.1 Å². The lowest BCUT2D eigenvalue weighted by Crippen LogP contribution is -2.52. The van der Waals surface area contributed by atoms with Crippen LogP contribution in [0.4, 0.5) is 17.5 Å². The summed E-state index contributed by atoms with van der Waals surface area (Å²) in [4.78, 5) is 30.8. The molecule has 174 valence electrons. The molecule has 7 rings (SSSR count). The lowest BCUT2D eigenvalue weighted by molar-refractivity contribution is -0.139. The van der Waals surface area contributed by atoms with Crippen LogP contribution in [0.25, 0.3) is 0 Å². The summed E-state index contributed by atoms with van der Waals surface area (Å²) in [5.41, 5.74) is 1.47. The van der Waals surface area contributed by atoms with E-state index in [4.69, 9.17) is 0 Å². The Hall–Kier alpha value is -2.70. The molecule has 1 aliphatic heterocycles. The molecule has 7 nitrogen and oxygen atoms in total. The number of aryl methyl sites for hydroxylation is 1. The average molecular weight is 447 g/mol.